The van der Waals surface area contributed by atoms with E-state index in [2.05, 4.69) is 0 Å². The van der Waals surface area contributed by atoms with Gasteiger partial charge in [0, 0.05) is 11.6 Å². The summed E-state index contributed by atoms with van der Waals surface area (Å²) in [5, 5.41) is 0. The maximum absolute atomic E-state index is 11.6. The maximum Gasteiger partial charge on any atom is 0.337 e. The van der Waals surface area contributed by atoms with Crippen LogP contribution >= 0.6 is 0 Å². The third-order valence-corrected chi connectivity index (χ3v) is 2.54. The van der Waals surface area contributed by atoms with Gasteiger partial charge in [0.25, 0.3) is 0 Å². The first kappa shape index (κ1) is 10.6. The van der Waals surface area contributed by atoms with Crippen LogP contribution in [0.15, 0.2) is 47.1 Å². The first-order valence-corrected chi connectivity index (χ1v) is 5.18. The Kier molecular flexibility index (Phi) is 2.82. The van der Waals surface area contributed by atoms with Crippen molar-refractivity contribution in [1.82, 2.24) is 0 Å². The summed E-state index contributed by atoms with van der Waals surface area (Å²) in [7, 11) is 0. The normalized spacial score (nSPS) is 10.1. The fourth-order valence-electron chi connectivity index (χ4n) is 1.83. The van der Waals surface area contributed by atoms with Gasteiger partial charge in [-0.15, -0.1) is 0 Å². The predicted octanol–water partition coefficient (Wildman–Crippen LogP) is 3.74. The lowest BCUT2D eigenvalue weighted by atomic mass is 9.98. The summed E-state index contributed by atoms with van der Waals surface area (Å²) in [6, 6.07) is 11.7. The van der Waals surface area contributed by atoms with Crippen molar-refractivity contribution in [2.24, 2.45) is 0 Å². The first-order valence-electron chi connectivity index (χ1n) is 5.18. The molecular weight excluding hydrogens is 200 g/mol. The van der Waals surface area contributed by atoms with E-state index in [4.69, 9.17) is 4.42 Å². The van der Waals surface area contributed by atoms with Gasteiger partial charge in [-0.05, 0) is 12.5 Å². The smallest absolute Gasteiger partial charge is 0.294 e. The van der Waals surface area contributed by atoms with E-state index in [0.29, 0.717) is 11.3 Å². The number of ketones is 1. The van der Waals surface area contributed by atoms with Gasteiger partial charge in [-0.2, -0.15) is 0 Å². The number of carbonyl (C=O) groups excluding carboxylic acids is 1. The summed E-state index contributed by atoms with van der Waals surface area (Å²) in [4.78, 5) is 11.6. The lowest BCUT2D eigenvalue weighted by Gasteiger charge is -2.03. The van der Waals surface area contributed by atoms with Crippen LogP contribution in [0.2, 0.25) is 0 Å². The van der Waals surface area contributed by atoms with Crippen molar-refractivity contribution in [3.05, 3.63) is 54.0 Å². The average molecular weight is 213 g/mol. The standard InChI is InChI=1S/C14H13O2/c1-10(15)14-11(2)16-9-8-13(14)12-6-4-3-5-7-12/h3-9H,1-2H3/q+1. The van der Waals surface area contributed by atoms with E-state index in [1.807, 2.05) is 43.3 Å². The first-order chi connectivity index (χ1) is 7.70. The minimum absolute atomic E-state index is 0.0284. The van der Waals surface area contributed by atoms with Gasteiger partial charge in [0.05, 0.1) is 6.92 Å². The molecule has 1 heterocycles. The predicted molar refractivity (Wildman–Crippen MR) is 63.3 cm³/mol. The van der Waals surface area contributed by atoms with Gasteiger partial charge in [-0.3, -0.25) is 4.79 Å². The van der Waals surface area contributed by atoms with Crippen LogP contribution in [0, 0.1) is 6.92 Å². The quantitative estimate of drug-likeness (QED) is 0.561. The van der Waals surface area contributed by atoms with Crippen molar-refractivity contribution in [2.45, 2.75) is 13.8 Å². The van der Waals surface area contributed by atoms with Crippen LogP contribution in [0.3, 0.4) is 0 Å². The summed E-state index contributed by atoms with van der Waals surface area (Å²) < 4.78 is 5.26. The molecule has 0 saturated carbocycles. The molecule has 2 nitrogen and oxygen atoms in total. The second-order valence-corrected chi connectivity index (χ2v) is 3.69. The zero-order valence-electron chi connectivity index (χ0n) is 9.36. The summed E-state index contributed by atoms with van der Waals surface area (Å²) in [5.41, 5.74) is 2.62. The molecule has 2 heteroatoms. The molecule has 2 aromatic rings. The van der Waals surface area contributed by atoms with Gasteiger partial charge in [-0.1, -0.05) is 30.3 Å². The second kappa shape index (κ2) is 4.27. The van der Waals surface area contributed by atoms with Crippen molar-refractivity contribution in [2.75, 3.05) is 0 Å². The number of benzene rings is 1. The number of rotatable bonds is 2. The Morgan fingerprint density at radius 2 is 1.81 bits per heavy atom. The van der Waals surface area contributed by atoms with Crippen LogP contribution in [0.1, 0.15) is 23.0 Å². The molecular formula is C14H13O2+. The Labute approximate surface area is 94.5 Å². The molecule has 1 aromatic carbocycles. The van der Waals surface area contributed by atoms with Crippen LogP contribution in [0.5, 0.6) is 0 Å². The third kappa shape index (κ3) is 1.87. The summed E-state index contributed by atoms with van der Waals surface area (Å²) >= 11 is 0. The second-order valence-electron chi connectivity index (χ2n) is 3.69. The van der Waals surface area contributed by atoms with Crippen LogP contribution < -0.4 is 0 Å². The molecule has 0 radical (unpaired) electrons. The molecule has 0 fully saturated rings. The molecule has 80 valence electrons. The minimum atomic E-state index is 0.0284. The number of carbonyl (C=O) groups is 1. The number of Topliss-reactive ketones (excluding diaryl/α,β-unsaturated/α-hetero) is 1. The van der Waals surface area contributed by atoms with Gasteiger partial charge >= 0.3 is 12.0 Å². The lowest BCUT2D eigenvalue weighted by molar-refractivity contribution is 0.101. The third-order valence-electron chi connectivity index (χ3n) is 2.54. The number of aryl methyl sites for hydroxylation is 1. The van der Waals surface area contributed by atoms with Gasteiger partial charge in [0.2, 0.25) is 0 Å². The molecule has 16 heavy (non-hydrogen) atoms. The van der Waals surface area contributed by atoms with E-state index in [1.54, 1.807) is 13.2 Å². The van der Waals surface area contributed by atoms with E-state index < -0.39 is 0 Å². The Hall–Kier alpha value is -1.96. The molecule has 0 aliphatic carbocycles. The molecule has 0 spiro atoms. The molecule has 0 amide bonds. The average Bonchev–Trinajstić information content (AvgIpc) is 2.29. The number of hydrogen-bond donors (Lipinski definition) is 0. The van der Waals surface area contributed by atoms with Gasteiger partial charge in [0.15, 0.2) is 5.78 Å². The van der Waals surface area contributed by atoms with Crippen LogP contribution in [0.25, 0.3) is 11.1 Å². The van der Waals surface area contributed by atoms with Crippen molar-refractivity contribution >= 4 is 5.78 Å². The Morgan fingerprint density at radius 1 is 1.12 bits per heavy atom. The van der Waals surface area contributed by atoms with Gasteiger partial charge in [-0.25, -0.2) is 4.42 Å². The zero-order chi connectivity index (χ0) is 11.5. The fourth-order valence-corrected chi connectivity index (χ4v) is 1.83. The van der Waals surface area contributed by atoms with E-state index in [0.717, 1.165) is 11.1 Å². The monoisotopic (exact) mass is 213 g/mol. The lowest BCUT2D eigenvalue weighted by Crippen LogP contribution is -1.99. The largest absolute Gasteiger partial charge is 0.337 e. The Morgan fingerprint density at radius 3 is 2.44 bits per heavy atom. The summed E-state index contributed by atoms with van der Waals surface area (Å²) in [5.74, 6) is 0.689. The molecule has 0 aliphatic heterocycles. The molecule has 2 rings (SSSR count). The molecule has 0 atom stereocenters. The molecule has 0 unspecified atom stereocenters. The Bertz CT molecular complexity index is 516. The Balaban J connectivity index is 2.66. The molecule has 0 saturated heterocycles. The minimum Gasteiger partial charge on any atom is -0.294 e. The van der Waals surface area contributed by atoms with Crippen LogP contribution in [-0.4, -0.2) is 5.78 Å². The summed E-state index contributed by atoms with van der Waals surface area (Å²) in [6.07, 6.45) is 1.62. The SMILES string of the molecule is CC(=O)c1c(-c2ccccc2)cc[o+]c1C. The summed E-state index contributed by atoms with van der Waals surface area (Å²) in [6.45, 7) is 3.37. The fraction of sp³-hybridized carbons (Fsp3) is 0.143. The number of hydrogen-bond acceptors (Lipinski definition) is 1. The highest BCUT2D eigenvalue weighted by Gasteiger charge is 2.19. The van der Waals surface area contributed by atoms with Gasteiger partial charge in [0.1, 0.15) is 5.56 Å². The van der Waals surface area contributed by atoms with Crippen molar-refractivity contribution in [3.63, 3.8) is 0 Å². The van der Waals surface area contributed by atoms with E-state index in [-0.39, 0.29) is 5.78 Å². The van der Waals surface area contributed by atoms with Crippen LogP contribution in [-0.2, 0) is 0 Å². The molecule has 0 bridgehead atoms. The van der Waals surface area contributed by atoms with E-state index in [9.17, 15) is 4.79 Å². The van der Waals surface area contributed by atoms with Crippen molar-refractivity contribution < 1.29 is 9.21 Å². The van der Waals surface area contributed by atoms with Crippen molar-refractivity contribution in [1.29, 1.82) is 0 Å². The van der Waals surface area contributed by atoms with E-state index in [1.165, 1.54) is 0 Å². The topological polar surface area (TPSA) is 28.4 Å². The van der Waals surface area contributed by atoms with Gasteiger partial charge < -0.3 is 0 Å². The molecule has 0 N–H and O–H groups in total. The highest BCUT2D eigenvalue weighted by molar-refractivity contribution is 6.01. The molecule has 1 aromatic heterocycles. The van der Waals surface area contributed by atoms with E-state index >= 15 is 0 Å². The highest BCUT2D eigenvalue weighted by atomic mass is 16.3. The maximum atomic E-state index is 11.6. The highest BCUT2D eigenvalue weighted by Crippen LogP contribution is 2.26. The van der Waals surface area contributed by atoms with Crippen molar-refractivity contribution in [3.8, 4) is 11.1 Å². The zero-order valence-corrected chi connectivity index (χ0v) is 9.36. The van der Waals surface area contributed by atoms with Crippen LogP contribution in [0.4, 0.5) is 0 Å². The molecule has 0 aliphatic rings.